The van der Waals surface area contributed by atoms with Crippen LogP contribution in [0.25, 0.3) is 22.2 Å². The van der Waals surface area contributed by atoms with Crippen molar-refractivity contribution in [3.05, 3.63) is 92.3 Å². The smallest absolute Gasteiger partial charge is 0.349 e. The maximum Gasteiger partial charge on any atom is 0.349 e. The summed E-state index contributed by atoms with van der Waals surface area (Å²) in [5, 5.41) is 4.34. The van der Waals surface area contributed by atoms with Crippen molar-refractivity contribution in [1.29, 1.82) is 0 Å². The molecule has 0 spiro atoms. The molecule has 0 aliphatic rings. The molecule has 0 aliphatic heterocycles. The Labute approximate surface area is 170 Å². The van der Waals surface area contributed by atoms with Gasteiger partial charge in [-0.05, 0) is 48.9 Å². The van der Waals surface area contributed by atoms with Crippen molar-refractivity contribution in [2.24, 2.45) is 5.10 Å². The Bertz CT molecular complexity index is 1410. The number of aryl methyl sites for hydroxylation is 1. The summed E-state index contributed by atoms with van der Waals surface area (Å²) in [4.78, 5) is 39.0. The molecule has 4 aromatic rings. The molecule has 30 heavy (non-hydrogen) atoms. The Morgan fingerprint density at radius 1 is 1.13 bits per heavy atom. The van der Waals surface area contributed by atoms with Gasteiger partial charge in [0.05, 0.1) is 29.8 Å². The summed E-state index contributed by atoms with van der Waals surface area (Å²) in [6, 6.07) is 15.3. The Morgan fingerprint density at radius 2 is 1.93 bits per heavy atom. The lowest BCUT2D eigenvalue weighted by Crippen LogP contribution is -2.32. The maximum absolute atomic E-state index is 12.5. The SMILES string of the molecule is COC(=O)c1ccc(-c2ccc(C=Nn3c(=O)[nH]c4ccccc4c3=O)o2)c(C)c1. The van der Waals surface area contributed by atoms with E-state index < -0.39 is 17.2 Å². The molecule has 2 aromatic carbocycles. The number of rotatable bonds is 4. The first-order valence-electron chi connectivity index (χ1n) is 9.05. The van der Waals surface area contributed by atoms with Crippen molar-refractivity contribution in [3.8, 4) is 11.3 Å². The molecule has 0 aliphatic carbocycles. The van der Waals surface area contributed by atoms with Gasteiger partial charge in [0, 0.05) is 5.56 Å². The number of esters is 1. The lowest BCUT2D eigenvalue weighted by Gasteiger charge is -2.05. The highest BCUT2D eigenvalue weighted by Gasteiger charge is 2.11. The third-order valence-electron chi connectivity index (χ3n) is 4.62. The highest BCUT2D eigenvalue weighted by atomic mass is 16.5. The van der Waals surface area contributed by atoms with Gasteiger partial charge in [0.1, 0.15) is 11.5 Å². The summed E-state index contributed by atoms with van der Waals surface area (Å²) in [5.74, 6) is 0.508. The number of nitrogens with one attached hydrogen (secondary N) is 1. The first kappa shape index (κ1) is 19.1. The Balaban J connectivity index is 1.65. The minimum atomic E-state index is -0.643. The minimum absolute atomic E-state index is 0.357. The van der Waals surface area contributed by atoms with E-state index in [-0.39, 0.29) is 0 Å². The molecular formula is C22H17N3O5. The number of para-hydroxylation sites is 1. The van der Waals surface area contributed by atoms with Crippen LogP contribution in [0.2, 0.25) is 0 Å². The third-order valence-corrected chi connectivity index (χ3v) is 4.62. The van der Waals surface area contributed by atoms with Gasteiger partial charge < -0.3 is 14.1 Å². The predicted octanol–water partition coefficient (Wildman–Crippen LogP) is 2.93. The van der Waals surface area contributed by atoms with Crippen molar-refractivity contribution < 1.29 is 13.9 Å². The Morgan fingerprint density at radius 3 is 2.70 bits per heavy atom. The number of benzene rings is 2. The van der Waals surface area contributed by atoms with Gasteiger partial charge in [0.2, 0.25) is 0 Å². The summed E-state index contributed by atoms with van der Waals surface area (Å²) in [5.41, 5.74) is 1.36. The largest absolute Gasteiger partial charge is 0.465 e. The number of aromatic nitrogens is 2. The number of hydrogen-bond acceptors (Lipinski definition) is 6. The lowest BCUT2D eigenvalue weighted by molar-refractivity contribution is 0.0600. The second-order valence-electron chi connectivity index (χ2n) is 6.56. The number of methoxy groups -OCH3 is 1. The summed E-state index contributed by atoms with van der Waals surface area (Å²) in [6.07, 6.45) is 1.30. The van der Waals surface area contributed by atoms with Crippen LogP contribution in [-0.2, 0) is 4.74 Å². The summed E-state index contributed by atoms with van der Waals surface area (Å²) < 4.78 is 11.2. The molecule has 8 nitrogen and oxygen atoms in total. The predicted molar refractivity (Wildman–Crippen MR) is 112 cm³/mol. The number of carbonyl (C=O) groups is 1. The number of ether oxygens (including phenoxy) is 1. The average Bonchev–Trinajstić information content (AvgIpc) is 3.21. The molecule has 8 heteroatoms. The Hall–Kier alpha value is -4.20. The van der Waals surface area contributed by atoms with Crippen molar-refractivity contribution in [1.82, 2.24) is 9.66 Å². The molecule has 0 saturated carbocycles. The quantitative estimate of drug-likeness (QED) is 0.416. The van der Waals surface area contributed by atoms with Crippen molar-refractivity contribution in [2.75, 3.05) is 7.11 Å². The van der Waals surface area contributed by atoms with E-state index in [1.165, 1.54) is 13.3 Å². The van der Waals surface area contributed by atoms with E-state index in [9.17, 15) is 14.4 Å². The first-order chi connectivity index (χ1) is 14.5. The highest BCUT2D eigenvalue weighted by molar-refractivity contribution is 5.90. The first-order valence-corrected chi connectivity index (χ1v) is 9.05. The number of hydrogen-bond donors (Lipinski definition) is 1. The zero-order chi connectivity index (χ0) is 21.3. The number of aromatic amines is 1. The molecule has 1 N–H and O–H groups in total. The van der Waals surface area contributed by atoms with E-state index in [0.29, 0.717) is 28.0 Å². The summed E-state index contributed by atoms with van der Waals surface area (Å²) in [7, 11) is 1.33. The fraction of sp³-hybridized carbons (Fsp3) is 0.0909. The molecule has 0 saturated heterocycles. The number of furan rings is 1. The highest BCUT2D eigenvalue weighted by Crippen LogP contribution is 2.26. The standard InChI is InChI=1S/C22H17N3O5/c1-13-11-14(21(27)29-2)7-9-16(13)19-10-8-15(30-19)12-23-25-20(26)17-5-3-4-6-18(17)24-22(25)28/h3-12H,1-2H3,(H,24,28). The molecule has 2 aromatic heterocycles. The number of carbonyl (C=O) groups excluding carboxylic acids is 1. The lowest BCUT2D eigenvalue weighted by atomic mass is 10.0. The van der Waals surface area contributed by atoms with Crippen LogP contribution in [-0.4, -0.2) is 29.0 Å². The van der Waals surface area contributed by atoms with Gasteiger partial charge in [-0.25, -0.2) is 9.59 Å². The molecule has 150 valence electrons. The zero-order valence-corrected chi connectivity index (χ0v) is 16.2. The van der Waals surface area contributed by atoms with Gasteiger partial charge in [-0.1, -0.05) is 18.2 Å². The van der Waals surface area contributed by atoms with E-state index in [4.69, 9.17) is 9.15 Å². The van der Waals surface area contributed by atoms with Crippen LogP contribution in [0.3, 0.4) is 0 Å². The van der Waals surface area contributed by atoms with E-state index in [2.05, 4.69) is 10.1 Å². The molecule has 0 fully saturated rings. The monoisotopic (exact) mass is 403 g/mol. The van der Waals surface area contributed by atoms with Crippen LogP contribution in [0.15, 0.2) is 73.7 Å². The van der Waals surface area contributed by atoms with Gasteiger partial charge in [-0.15, -0.1) is 4.68 Å². The summed E-state index contributed by atoms with van der Waals surface area (Å²) >= 11 is 0. The summed E-state index contributed by atoms with van der Waals surface area (Å²) in [6.45, 7) is 1.85. The van der Waals surface area contributed by atoms with Crippen LogP contribution in [0, 0.1) is 6.92 Å². The van der Waals surface area contributed by atoms with E-state index in [0.717, 1.165) is 15.8 Å². The normalized spacial score (nSPS) is 11.3. The molecular weight excluding hydrogens is 386 g/mol. The maximum atomic E-state index is 12.5. The molecule has 0 unspecified atom stereocenters. The fourth-order valence-corrected chi connectivity index (χ4v) is 3.12. The van der Waals surface area contributed by atoms with Crippen molar-refractivity contribution in [3.63, 3.8) is 0 Å². The minimum Gasteiger partial charge on any atom is -0.465 e. The van der Waals surface area contributed by atoms with Crippen molar-refractivity contribution in [2.45, 2.75) is 6.92 Å². The third kappa shape index (κ3) is 3.46. The van der Waals surface area contributed by atoms with Crippen LogP contribution in [0.5, 0.6) is 0 Å². The van der Waals surface area contributed by atoms with Crippen LogP contribution >= 0.6 is 0 Å². The van der Waals surface area contributed by atoms with E-state index >= 15 is 0 Å². The van der Waals surface area contributed by atoms with Gasteiger partial charge in [0.15, 0.2) is 0 Å². The Kier molecular flexibility index (Phi) is 4.89. The molecule has 4 rings (SSSR count). The zero-order valence-electron chi connectivity index (χ0n) is 16.2. The number of nitrogens with zero attached hydrogens (tertiary/aromatic N) is 2. The van der Waals surface area contributed by atoms with E-state index in [1.54, 1.807) is 54.6 Å². The van der Waals surface area contributed by atoms with Gasteiger partial charge in [-0.2, -0.15) is 5.10 Å². The number of H-pyrrole nitrogens is 1. The van der Waals surface area contributed by atoms with Gasteiger partial charge in [0.25, 0.3) is 5.56 Å². The number of fused-ring (bicyclic) bond motifs is 1. The molecule has 0 amide bonds. The van der Waals surface area contributed by atoms with Crippen LogP contribution < -0.4 is 11.2 Å². The molecule has 2 heterocycles. The molecule has 0 radical (unpaired) electrons. The second kappa shape index (κ2) is 7.67. The fourth-order valence-electron chi connectivity index (χ4n) is 3.12. The topological polar surface area (TPSA) is 107 Å². The van der Waals surface area contributed by atoms with Crippen LogP contribution in [0.1, 0.15) is 21.7 Å². The van der Waals surface area contributed by atoms with Crippen LogP contribution in [0.4, 0.5) is 0 Å². The van der Waals surface area contributed by atoms with Gasteiger partial charge in [-0.3, -0.25) is 4.79 Å². The van der Waals surface area contributed by atoms with Gasteiger partial charge >= 0.3 is 11.7 Å². The molecule has 0 bridgehead atoms. The molecule has 0 atom stereocenters. The van der Waals surface area contributed by atoms with Crippen molar-refractivity contribution >= 4 is 23.1 Å². The second-order valence-corrected chi connectivity index (χ2v) is 6.56. The average molecular weight is 403 g/mol. The van der Waals surface area contributed by atoms with E-state index in [1.807, 2.05) is 6.92 Å².